The number of carbonyl (C=O) groups is 1. The second kappa shape index (κ2) is 6.95. The van der Waals surface area contributed by atoms with Gasteiger partial charge in [0, 0.05) is 31.1 Å². The third-order valence-corrected chi connectivity index (χ3v) is 3.18. The van der Waals surface area contributed by atoms with Gasteiger partial charge in [0.2, 0.25) is 5.91 Å². The summed E-state index contributed by atoms with van der Waals surface area (Å²) in [6, 6.07) is 8.31. The van der Waals surface area contributed by atoms with E-state index in [1.165, 1.54) is 0 Å². The molecule has 2 N–H and O–H groups in total. The smallest absolute Gasteiger partial charge is 0.220 e. The van der Waals surface area contributed by atoms with Crippen LogP contribution in [0, 0.1) is 0 Å². The summed E-state index contributed by atoms with van der Waals surface area (Å²) in [4.78, 5) is 11.1. The highest BCUT2D eigenvalue weighted by atomic mass is 16.5. The van der Waals surface area contributed by atoms with Gasteiger partial charge in [-0.05, 0) is 12.5 Å². The van der Waals surface area contributed by atoms with Gasteiger partial charge in [-0.1, -0.05) is 30.9 Å². The molecule has 1 atom stereocenters. The number of ether oxygens (including phenoxy) is 1. The maximum Gasteiger partial charge on any atom is 0.220 e. The molecule has 2 rings (SSSR count). The Bertz CT molecular complexity index is 436. The quantitative estimate of drug-likeness (QED) is 0.764. The Balaban J connectivity index is 1.88. The van der Waals surface area contributed by atoms with Gasteiger partial charge in [-0.3, -0.25) is 4.79 Å². The van der Waals surface area contributed by atoms with Crippen LogP contribution in [0.5, 0.6) is 5.75 Å². The number of piperidine rings is 1. The van der Waals surface area contributed by atoms with Crippen molar-refractivity contribution in [2.45, 2.75) is 25.4 Å². The summed E-state index contributed by atoms with van der Waals surface area (Å²) in [5, 5.41) is 6.33. The molecule has 1 amide bonds. The largest absolute Gasteiger partial charge is 0.489 e. The summed E-state index contributed by atoms with van der Waals surface area (Å²) >= 11 is 0. The lowest BCUT2D eigenvalue weighted by Crippen LogP contribution is -2.45. The highest BCUT2D eigenvalue weighted by molar-refractivity contribution is 5.76. The van der Waals surface area contributed by atoms with Gasteiger partial charge < -0.3 is 15.4 Å². The second-order valence-corrected chi connectivity index (χ2v) is 4.63. The molecule has 4 nitrogen and oxygen atoms in total. The molecule has 102 valence electrons. The average Bonchev–Trinajstić information content (AvgIpc) is 2.45. The Morgan fingerprint density at radius 3 is 3.05 bits per heavy atom. The molecule has 1 fully saturated rings. The lowest BCUT2D eigenvalue weighted by atomic mass is 10.1. The molecule has 4 heteroatoms. The Kier molecular flexibility index (Phi) is 4.98. The SMILES string of the molecule is C=CCOc1ccccc1CNC1CCC(=O)NC1. The van der Waals surface area contributed by atoms with Gasteiger partial charge in [0.1, 0.15) is 12.4 Å². The van der Waals surface area contributed by atoms with Crippen LogP contribution in [-0.2, 0) is 11.3 Å². The molecule has 1 aromatic rings. The molecule has 0 radical (unpaired) electrons. The number of hydrogen-bond donors (Lipinski definition) is 2. The van der Waals surface area contributed by atoms with Gasteiger partial charge in [-0.15, -0.1) is 0 Å². The van der Waals surface area contributed by atoms with Gasteiger partial charge in [-0.2, -0.15) is 0 Å². The first-order chi connectivity index (χ1) is 9.29. The summed E-state index contributed by atoms with van der Waals surface area (Å²) < 4.78 is 5.62. The van der Waals surface area contributed by atoms with E-state index < -0.39 is 0 Å². The minimum atomic E-state index is 0.146. The van der Waals surface area contributed by atoms with E-state index in [0.717, 1.165) is 24.3 Å². The van der Waals surface area contributed by atoms with Crippen molar-refractivity contribution in [3.63, 3.8) is 0 Å². The molecular weight excluding hydrogens is 240 g/mol. The zero-order valence-electron chi connectivity index (χ0n) is 11.0. The molecule has 0 saturated carbocycles. The van der Waals surface area contributed by atoms with Gasteiger partial charge in [0.05, 0.1) is 0 Å². The van der Waals surface area contributed by atoms with Crippen LogP contribution in [0.3, 0.4) is 0 Å². The number of carbonyl (C=O) groups excluding carboxylic acids is 1. The molecule has 1 saturated heterocycles. The van der Waals surface area contributed by atoms with Gasteiger partial charge in [0.15, 0.2) is 0 Å². The maximum absolute atomic E-state index is 11.1. The van der Waals surface area contributed by atoms with Gasteiger partial charge >= 0.3 is 0 Å². The van der Waals surface area contributed by atoms with Crippen LogP contribution in [0.4, 0.5) is 0 Å². The molecule has 1 aromatic carbocycles. The highest BCUT2D eigenvalue weighted by Crippen LogP contribution is 2.18. The van der Waals surface area contributed by atoms with E-state index in [1.54, 1.807) is 6.08 Å². The van der Waals surface area contributed by atoms with Crippen molar-refractivity contribution in [1.29, 1.82) is 0 Å². The van der Waals surface area contributed by atoms with Crippen LogP contribution in [0.2, 0.25) is 0 Å². The van der Waals surface area contributed by atoms with Crippen LogP contribution in [0.15, 0.2) is 36.9 Å². The van der Waals surface area contributed by atoms with Crippen molar-refractivity contribution in [2.24, 2.45) is 0 Å². The number of nitrogens with one attached hydrogen (secondary N) is 2. The van der Waals surface area contributed by atoms with E-state index >= 15 is 0 Å². The van der Waals surface area contributed by atoms with E-state index in [1.807, 2.05) is 24.3 Å². The topological polar surface area (TPSA) is 50.4 Å². The standard InChI is InChI=1S/C15H20N2O2/c1-2-9-19-14-6-4-3-5-12(14)10-16-13-7-8-15(18)17-11-13/h2-6,13,16H,1,7-11H2,(H,17,18). The summed E-state index contributed by atoms with van der Waals surface area (Å²) in [5.41, 5.74) is 1.13. The number of hydrogen-bond acceptors (Lipinski definition) is 3. The molecule has 0 spiro atoms. The first-order valence-electron chi connectivity index (χ1n) is 6.61. The monoisotopic (exact) mass is 260 g/mol. The van der Waals surface area contributed by atoms with E-state index in [-0.39, 0.29) is 5.91 Å². The zero-order chi connectivity index (χ0) is 13.5. The lowest BCUT2D eigenvalue weighted by Gasteiger charge is -2.24. The Labute approximate surface area is 113 Å². The normalized spacial score (nSPS) is 18.7. The van der Waals surface area contributed by atoms with Crippen molar-refractivity contribution < 1.29 is 9.53 Å². The fraction of sp³-hybridized carbons (Fsp3) is 0.400. The molecule has 0 bridgehead atoms. The van der Waals surface area contributed by atoms with Crippen LogP contribution in [-0.4, -0.2) is 25.1 Å². The highest BCUT2D eigenvalue weighted by Gasteiger charge is 2.17. The van der Waals surface area contributed by atoms with Gasteiger partial charge in [0.25, 0.3) is 0 Å². The lowest BCUT2D eigenvalue weighted by molar-refractivity contribution is -0.122. The van der Waals surface area contributed by atoms with Crippen molar-refractivity contribution in [3.05, 3.63) is 42.5 Å². The fourth-order valence-corrected chi connectivity index (χ4v) is 2.10. The summed E-state index contributed by atoms with van der Waals surface area (Å²) in [6.07, 6.45) is 3.23. The summed E-state index contributed by atoms with van der Waals surface area (Å²) in [5.74, 6) is 1.03. The molecule has 19 heavy (non-hydrogen) atoms. The molecule has 0 aliphatic carbocycles. The number of para-hydroxylation sites is 1. The van der Waals surface area contributed by atoms with E-state index in [4.69, 9.17) is 4.74 Å². The van der Waals surface area contributed by atoms with Crippen LogP contribution in [0.1, 0.15) is 18.4 Å². The third kappa shape index (κ3) is 4.10. The Morgan fingerprint density at radius 1 is 1.47 bits per heavy atom. The molecular formula is C15H20N2O2. The first-order valence-corrected chi connectivity index (χ1v) is 6.61. The number of benzene rings is 1. The predicted molar refractivity (Wildman–Crippen MR) is 75.0 cm³/mol. The van der Waals surface area contributed by atoms with Crippen molar-refractivity contribution in [1.82, 2.24) is 10.6 Å². The van der Waals surface area contributed by atoms with Crippen molar-refractivity contribution in [2.75, 3.05) is 13.2 Å². The van der Waals surface area contributed by atoms with E-state index in [0.29, 0.717) is 25.6 Å². The zero-order valence-corrected chi connectivity index (χ0v) is 11.0. The average molecular weight is 260 g/mol. The fourth-order valence-electron chi connectivity index (χ4n) is 2.10. The summed E-state index contributed by atoms with van der Waals surface area (Å²) in [7, 11) is 0. The first kappa shape index (κ1) is 13.6. The minimum absolute atomic E-state index is 0.146. The third-order valence-electron chi connectivity index (χ3n) is 3.18. The molecule has 0 aromatic heterocycles. The van der Waals surface area contributed by atoms with Crippen LogP contribution >= 0.6 is 0 Å². The summed E-state index contributed by atoms with van der Waals surface area (Å²) in [6.45, 7) is 5.61. The minimum Gasteiger partial charge on any atom is -0.489 e. The predicted octanol–water partition coefficient (Wildman–Crippen LogP) is 1.62. The van der Waals surface area contributed by atoms with E-state index in [9.17, 15) is 4.79 Å². The number of amides is 1. The van der Waals surface area contributed by atoms with Crippen molar-refractivity contribution >= 4 is 5.91 Å². The molecule has 1 heterocycles. The molecule has 1 aliphatic heterocycles. The Morgan fingerprint density at radius 2 is 2.32 bits per heavy atom. The Hall–Kier alpha value is -1.81. The van der Waals surface area contributed by atoms with E-state index in [2.05, 4.69) is 17.2 Å². The van der Waals surface area contributed by atoms with Gasteiger partial charge in [-0.25, -0.2) is 0 Å². The number of rotatable bonds is 6. The second-order valence-electron chi connectivity index (χ2n) is 4.63. The van der Waals surface area contributed by atoms with Crippen LogP contribution in [0.25, 0.3) is 0 Å². The maximum atomic E-state index is 11.1. The van der Waals surface area contributed by atoms with Crippen molar-refractivity contribution in [3.8, 4) is 5.75 Å². The van der Waals surface area contributed by atoms with Crippen LogP contribution < -0.4 is 15.4 Å². The molecule has 1 aliphatic rings. The molecule has 1 unspecified atom stereocenters.